The van der Waals surface area contributed by atoms with Gasteiger partial charge in [-0.1, -0.05) is 150 Å². The van der Waals surface area contributed by atoms with E-state index in [0.29, 0.717) is 13.0 Å². The molecule has 71 heavy (non-hydrogen) atoms. The Hall–Kier alpha value is -3.09. The normalized spacial score (nSPS) is 26.1. The van der Waals surface area contributed by atoms with Gasteiger partial charge in [-0.2, -0.15) is 0 Å². The van der Waals surface area contributed by atoms with Crippen molar-refractivity contribution in [3.05, 3.63) is 97.2 Å². The van der Waals surface area contributed by atoms with E-state index in [4.69, 9.17) is 28.4 Å². The Morgan fingerprint density at radius 1 is 0.479 bits per heavy atom. The van der Waals surface area contributed by atoms with E-state index in [2.05, 4.69) is 111 Å². The quantitative estimate of drug-likeness (QED) is 0.0174. The van der Waals surface area contributed by atoms with Crippen LogP contribution in [0.3, 0.4) is 0 Å². The molecule has 11 atom stereocenters. The highest BCUT2D eigenvalue weighted by molar-refractivity contribution is 5.69. The Morgan fingerprint density at radius 2 is 0.915 bits per heavy atom. The summed E-state index contributed by atoms with van der Waals surface area (Å²) in [5.74, 6) is -0.408. The molecular weight excluding hydrogens is 909 g/mol. The van der Waals surface area contributed by atoms with E-state index in [1.54, 1.807) is 0 Å². The number of carbonyl (C=O) groups is 1. The first-order valence-corrected chi connectivity index (χ1v) is 26.8. The van der Waals surface area contributed by atoms with E-state index in [9.17, 15) is 40.5 Å². The molecule has 2 aliphatic rings. The molecule has 2 aliphatic heterocycles. The van der Waals surface area contributed by atoms with E-state index >= 15 is 0 Å². The molecule has 7 N–H and O–H groups in total. The topological polar surface area (TPSA) is 214 Å². The van der Waals surface area contributed by atoms with Gasteiger partial charge in [0.05, 0.1) is 26.4 Å². The lowest BCUT2D eigenvalue weighted by molar-refractivity contribution is -0.332. The molecule has 0 amide bonds. The van der Waals surface area contributed by atoms with Crippen LogP contribution in [0.4, 0.5) is 0 Å². The summed E-state index contributed by atoms with van der Waals surface area (Å²) < 4.78 is 34.2. The monoisotopic (exact) mass is 1000 g/mol. The highest BCUT2D eigenvalue weighted by atomic mass is 16.7. The van der Waals surface area contributed by atoms with Gasteiger partial charge in [-0.15, -0.1) is 0 Å². The van der Waals surface area contributed by atoms with Crippen molar-refractivity contribution in [2.75, 3.05) is 33.0 Å². The van der Waals surface area contributed by atoms with E-state index < -0.39 is 86.7 Å². The van der Waals surface area contributed by atoms with Gasteiger partial charge >= 0.3 is 5.97 Å². The standard InChI is InChI=1S/C57H94O14/c1-3-5-7-9-11-13-15-17-19-21-23-24-26-28-30-32-34-36-38-40-49(59)69-46(43-66-41-39-37-35-33-31-29-27-25-22-20-18-16-14-12-10-8-6-4-2)44-67-56-55(65)53(63)51(61)48(71-56)45-68-57-54(64)52(62)50(60)47(42-58)70-57/h6,8,11-14,17-20,23-25,27,31,33,46-48,50-58,60-65H,3-5,7,9-10,15-16,21-22,26,28-30,32,34-45H2,1-2H3/b8-6-,13-11-,14-12-,19-17-,20-18-,24-23-,27-25-,33-31-. The average molecular weight is 1000 g/mol. The summed E-state index contributed by atoms with van der Waals surface area (Å²) in [6.07, 6.45) is 40.4. The molecular formula is C57H94O14. The van der Waals surface area contributed by atoms with E-state index in [0.717, 1.165) is 103 Å². The minimum Gasteiger partial charge on any atom is -0.457 e. The number of ether oxygens (including phenoxy) is 6. The summed E-state index contributed by atoms with van der Waals surface area (Å²) in [6.45, 7) is 3.39. The molecule has 0 spiro atoms. The molecule has 0 aromatic carbocycles. The van der Waals surface area contributed by atoms with Crippen LogP contribution in [-0.2, 0) is 33.2 Å². The summed E-state index contributed by atoms with van der Waals surface area (Å²) in [6, 6.07) is 0. The van der Waals surface area contributed by atoms with Gasteiger partial charge in [-0.3, -0.25) is 4.79 Å². The lowest BCUT2D eigenvalue weighted by Crippen LogP contribution is -2.61. The van der Waals surface area contributed by atoms with Crippen LogP contribution in [0.2, 0.25) is 0 Å². The Morgan fingerprint density at radius 3 is 1.44 bits per heavy atom. The lowest BCUT2D eigenvalue weighted by atomic mass is 9.98. The third-order valence-corrected chi connectivity index (χ3v) is 12.1. The zero-order chi connectivity index (χ0) is 51.6. The second-order valence-electron chi connectivity index (χ2n) is 18.3. The first-order valence-electron chi connectivity index (χ1n) is 26.8. The van der Waals surface area contributed by atoms with Gasteiger partial charge < -0.3 is 64.2 Å². The number of aliphatic hydroxyl groups excluding tert-OH is 7. The van der Waals surface area contributed by atoms with Crippen molar-refractivity contribution < 1.29 is 69.0 Å². The average Bonchev–Trinajstić information content (AvgIpc) is 3.37. The Labute approximate surface area is 426 Å². The molecule has 0 saturated carbocycles. The Balaban J connectivity index is 1.79. The van der Waals surface area contributed by atoms with Crippen LogP contribution in [0.5, 0.6) is 0 Å². The smallest absolute Gasteiger partial charge is 0.306 e. The Kier molecular flexibility index (Phi) is 39.1. The highest BCUT2D eigenvalue weighted by Gasteiger charge is 2.47. The van der Waals surface area contributed by atoms with E-state index in [-0.39, 0.29) is 19.6 Å². The number of hydrogen-bond acceptors (Lipinski definition) is 14. The van der Waals surface area contributed by atoms with E-state index in [1.807, 2.05) is 0 Å². The van der Waals surface area contributed by atoms with Crippen molar-refractivity contribution in [1.82, 2.24) is 0 Å². The first-order chi connectivity index (χ1) is 34.6. The fraction of sp³-hybridized carbons (Fsp3) is 0.702. The van der Waals surface area contributed by atoms with Gasteiger partial charge in [0.15, 0.2) is 12.6 Å². The van der Waals surface area contributed by atoms with Crippen molar-refractivity contribution in [1.29, 1.82) is 0 Å². The number of allylic oxidation sites excluding steroid dienone is 16. The number of aliphatic hydroxyl groups is 7. The van der Waals surface area contributed by atoms with Crippen molar-refractivity contribution in [3.63, 3.8) is 0 Å². The molecule has 11 unspecified atom stereocenters. The third kappa shape index (κ3) is 30.6. The van der Waals surface area contributed by atoms with Crippen molar-refractivity contribution in [2.45, 2.75) is 223 Å². The van der Waals surface area contributed by atoms with Crippen LogP contribution in [0, 0.1) is 0 Å². The summed E-state index contributed by atoms with van der Waals surface area (Å²) in [5.41, 5.74) is 0. The molecule has 2 saturated heterocycles. The SMILES string of the molecule is CC/C=C\C/C=C\C/C=C\C/C=C\C/C=C\CCCCOCC(COC1OC(COC2OC(CO)C(O)C(O)C2O)C(O)C(O)C1O)OC(=O)CCCCCCCC/C=C\C/C=C\C/C=C\CCCCC. The molecule has 14 heteroatoms. The zero-order valence-corrected chi connectivity index (χ0v) is 43.2. The molecule has 0 bridgehead atoms. The fourth-order valence-electron chi connectivity index (χ4n) is 7.73. The maximum atomic E-state index is 13.0. The van der Waals surface area contributed by atoms with Crippen molar-refractivity contribution in [3.8, 4) is 0 Å². The minimum absolute atomic E-state index is 0.0202. The lowest BCUT2D eigenvalue weighted by Gasteiger charge is -2.42. The predicted molar refractivity (Wildman–Crippen MR) is 279 cm³/mol. The highest BCUT2D eigenvalue weighted by Crippen LogP contribution is 2.26. The maximum absolute atomic E-state index is 13.0. The van der Waals surface area contributed by atoms with Gasteiger partial charge in [-0.05, 0) is 96.3 Å². The third-order valence-electron chi connectivity index (χ3n) is 12.1. The van der Waals surface area contributed by atoms with Gasteiger partial charge in [-0.25, -0.2) is 0 Å². The molecule has 0 aliphatic carbocycles. The molecule has 2 heterocycles. The van der Waals surface area contributed by atoms with Crippen LogP contribution in [0.25, 0.3) is 0 Å². The first kappa shape index (κ1) is 64.0. The van der Waals surface area contributed by atoms with Crippen LogP contribution in [-0.4, -0.2) is 142 Å². The second-order valence-corrected chi connectivity index (χ2v) is 18.3. The second kappa shape index (κ2) is 43.3. The van der Waals surface area contributed by atoms with Gasteiger partial charge in [0.2, 0.25) is 0 Å². The molecule has 14 nitrogen and oxygen atoms in total. The van der Waals surface area contributed by atoms with Crippen LogP contribution in [0.1, 0.15) is 155 Å². The number of esters is 1. The van der Waals surface area contributed by atoms with Crippen LogP contribution in [0.15, 0.2) is 97.2 Å². The maximum Gasteiger partial charge on any atom is 0.306 e. The molecule has 2 fully saturated rings. The zero-order valence-electron chi connectivity index (χ0n) is 43.2. The summed E-state index contributed by atoms with van der Waals surface area (Å²) in [4.78, 5) is 13.0. The predicted octanol–water partition coefficient (Wildman–Crippen LogP) is 8.63. The minimum atomic E-state index is -1.72. The molecule has 2 rings (SSSR count). The fourth-order valence-corrected chi connectivity index (χ4v) is 7.73. The molecule has 0 aromatic rings. The number of carbonyl (C=O) groups excluding carboxylic acids is 1. The molecule has 0 aromatic heterocycles. The van der Waals surface area contributed by atoms with Crippen LogP contribution >= 0.6 is 0 Å². The molecule has 0 radical (unpaired) electrons. The van der Waals surface area contributed by atoms with Crippen molar-refractivity contribution >= 4 is 5.97 Å². The number of unbranched alkanes of at least 4 members (excludes halogenated alkanes) is 11. The molecule has 406 valence electrons. The summed E-state index contributed by atoms with van der Waals surface area (Å²) in [5, 5.41) is 72.2. The number of rotatable bonds is 41. The number of hydrogen-bond donors (Lipinski definition) is 7. The van der Waals surface area contributed by atoms with Crippen molar-refractivity contribution in [2.24, 2.45) is 0 Å². The summed E-state index contributed by atoms with van der Waals surface area (Å²) in [7, 11) is 0. The van der Waals surface area contributed by atoms with Gasteiger partial charge in [0.25, 0.3) is 0 Å². The van der Waals surface area contributed by atoms with Gasteiger partial charge in [0.1, 0.15) is 54.9 Å². The largest absolute Gasteiger partial charge is 0.457 e. The van der Waals surface area contributed by atoms with Gasteiger partial charge in [0, 0.05) is 13.0 Å². The van der Waals surface area contributed by atoms with E-state index in [1.165, 1.54) is 25.7 Å². The van der Waals surface area contributed by atoms with Crippen LogP contribution < -0.4 is 0 Å². The summed E-state index contributed by atoms with van der Waals surface area (Å²) >= 11 is 0. The Bertz CT molecular complexity index is 1540.